The summed E-state index contributed by atoms with van der Waals surface area (Å²) in [6.07, 6.45) is 1.17. The van der Waals surface area contributed by atoms with Crippen LogP contribution in [0.4, 0.5) is 5.82 Å². The summed E-state index contributed by atoms with van der Waals surface area (Å²) in [4.78, 5) is 20.0. The molecule has 3 aliphatic heterocycles. The molecule has 1 unspecified atom stereocenters. The maximum Gasteiger partial charge on any atom is 0.146 e. The lowest BCUT2D eigenvalue weighted by atomic mass is 10.1. The number of aryl methyl sites for hydroxylation is 2. The van der Waals surface area contributed by atoms with Gasteiger partial charge in [-0.25, -0.2) is 9.97 Å². The fourth-order valence-corrected chi connectivity index (χ4v) is 5.68. The van der Waals surface area contributed by atoms with Gasteiger partial charge in [0.25, 0.3) is 0 Å². The van der Waals surface area contributed by atoms with E-state index in [1.165, 1.54) is 22.2 Å². The van der Waals surface area contributed by atoms with Crippen molar-refractivity contribution in [2.75, 3.05) is 70.6 Å². The van der Waals surface area contributed by atoms with Crippen molar-refractivity contribution in [2.24, 2.45) is 0 Å². The van der Waals surface area contributed by atoms with E-state index in [0.717, 1.165) is 88.7 Å². The minimum atomic E-state index is 0.601. The van der Waals surface area contributed by atoms with Crippen molar-refractivity contribution in [3.8, 4) is 0 Å². The monoisotopic (exact) mass is 417 g/mol. The molecule has 8 heteroatoms. The number of hydrogen-bond donors (Lipinski definition) is 0. The summed E-state index contributed by atoms with van der Waals surface area (Å²) in [5, 5.41) is 1.26. The van der Waals surface area contributed by atoms with Crippen LogP contribution >= 0.6 is 11.3 Å². The number of morpholine rings is 1. The van der Waals surface area contributed by atoms with Gasteiger partial charge >= 0.3 is 0 Å². The number of rotatable bonds is 4. The number of piperazine rings is 1. The average molecular weight is 418 g/mol. The van der Waals surface area contributed by atoms with Crippen molar-refractivity contribution in [1.82, 2.24) is 19.8 Å². The summed E-state index contributed by atoms with van der Waals surface area (Å²) in [5.74, 6) is 2.09. The van der Waals surface area contributed by atoms with Crippen LogP contribution in [0.3, 0.4) is 0 Å². The van der Waals surface area contributed by atoms with Crippen LogP contribution in [0.1, 0.15) is 22.7 Å². The topological polar surface area (TPSA) is 54.0 Å². The third-order valence-corrected chi connectivity index (χ3v) is 7.66. The predicted octanol–water partition coefficient (Wildman–Crippen LogP) is 2.05. The van der Waals surface area contributed by atoms with Gasteiger partial charge in [-0.05, 0) is 25.8 Å². The fraction of sp³-hybridized carbons (Fsp3) is 0.714. The Labute approximate surface area is 176 Å². The molecule has 0 aromatic carbocycles. The molecular formula is C21H31N5O2S. The molecule has 7 nitrogen and oxygen atoms in total. The summed E-state index contributed by atoms with van der Waals surface area (Å²) < 4.78 is 11.1. The number of hydrogen-bond acceptors (Lipinski definition) is 8. The summed E-state index contributed by atoms with van der Waals surface area (Å²) in [6.45, 7) is 14.8. The number of thiophene rings is 1. The molecule has 0 bridgehead atoms. The van der Waals surface area contributed by atoms with Gasteiger partial charge in [-0.15, -0.1) is 11.3 Å². The highest BCUT2D eigenvalue weighted by molar-refractivity contribution is 7.18. The third-order valence-electron chi connectivity index (χ3n) is 6.56. The van der Waals surface area contributed by atoms with Crippen LogP contribution in [0.2, 0.25) is 0 Å². The van der Waals surface area contributed by atoms with E-state index in [-0.39, 0.29) is 0 Å². The van der Waals surface area contributed by atoms with E-state index in [0.29, 0.717) is 6.04 Å². The van der Waals surface area contributed by atoms with Gasteiger partial charge in [0.2, 0.25) is 0 Å². The molecule has 0 amide bonds. The second-order valence-electron chi connectivity index (χ2n) is 8.36. The molecule has 0 aliphatic carbocycles. The standard InChI is InChI=1S/C21H31N5O2S/c1-15-16(2)29-21-19(15)20(22-18(23-21)13-24-8-11-27-12-9-24)26-6-4-25(5-7-26)17-3-10-28-14-17/h17H,3-14H2,1-2H3. The van der Waals surface area contributed by atoms with Gasteiger partial charge in [-0.3, -0.25) is 9.80 Å². The van der Waals surface area contributed by atoms with Crippen LogP contribution in [0.25, 0.3) is 10.2 Å². The molecule has 0 spiro atoms. The molecule has 0 saturated carbocycles. The Morgan fingerprint density at radius 3 is 2.48 bits per heavy atom. The van der Waals surface area contributed by atoms with Crippen molar-refractivity contribution < 1.29 is 9.47 Å². The molecule has 0 radical (unpaired) electrons. The van der Waals surface area contributed by atoms with E-state index < -0.39 is 0 Å². The molecule has 0 N–H and O–H groups in total. The molecule has 3 saturated heterocycles. The lowest BCUT2D eigenvalue weighted by Gasteiger charge is -2.38. The van der Waals surface area contributed by atoms with E-state index in [1.807, 2.05) is 0 Å². The Morgan fingerprint density at radius 1 is 0.966 bits per heavy atom. The molecule has 29 heavy (non-hydrogen) atoms. The van der Waals surface area contributed by atoms with Crippen molar-refractivity contribution in [2.45, 2.75) is 32.9 Å². The quantitative estimate of drug-likeness (QED) is 0.755. The Hall–Kier alpha value is -1.32. The van der Waals surface area contributed by atoms with Crippen LogP contribution in [0, 0.1) is 13.8 Å². The zero-order valence-electron chi connectivity index (χ0n) is 17.5. The van der Waals surface area contributed by atoms with Gasteiger partial charge in [-0.1, -0.05) is 0 Å². The summed E-state index contributed by atoms with van der Waals surface area (Å²) in [6, 6.07) is 0.601. The highest BCUT2D eigenvalue weighted by atomic mass is 32.1. The fourth-order valence-electron chi connectivity index (χ4n) is 4.64. The maximum atomic E-state index is 5.60. The summed E-state index contributed by atoms with van der Waals surface area (Å²) >= 11 is 1.81. The normalized spacial score (nSPS) is 24.6. The number of ether oxygens (including phenoxy) is 2. The smallest absolute Gasteiger partial charge is 0.146 e. The maximum absolute atomic E-state index is 5.60. The van der Waals surface area contributed by atoms with Crippen LogP contribution in [0.15, 0.2) is 0 Å². The minimum Gasteiger partial charge on any atom is -0.380 e. The molecule has 5 heterocycles. The van der Waals surface area contributed by atoms with Crippen LogP contribution in [-0.4, -0.2) is 91.5 Å². The number of anilines is 1. The van der Waals surface area contributed by atoms with Gasteiger partial charge in [0, 0.05) is 56.8 Å². The largest absolute Gasteiger partial charge is 0.380 e. The summed E-state index contributed by atoms with van der Waals surface area (Å²) in [5.41, 5.74) is 1.34. The number of nitrogens with zero attached hydrogens (tertiary/aromatic N) is 5. The first kappa shape index (κ1) is 19.6. The minimum absolute atomic E-state index is 0.601. The first-order chi connectivity index (χ1) is 14.2. The van der Waals surface area contributed by atoms with Crippen molar-refractivity contribution in [3.63, 3.8) is 0 Å². The van der Waals surface area contributed by atoms with E-state index in [2.05, 4.69) is 28.5 Å². The molecule has 2 aromatic heterocycles. The molecular weight excluding hydrogens is 386 g/mol. The SMILES string of the molecule is Cc1sc2nc(CN3CCOCC3)nc(N3CCN(C4CCOC4)CC3)c2c1C. The highest BCUT2D eigenvalue weighted by Crippen LogP contribution is 2.35. The Kier molecular flexibility index (Phi) is 5.71. The first-order valence-corrected chi connectivity index (χ1v) is 11.6. The Morgan fingerprint density at radius 2 is 1.76 bits per heavy atom. The van der Waals surface area contributed by atoms with Gasteiger partial charge in [0.1, 0.15) is 16.5 Å². The van der Waals surface area contributed by atoms with Crippen LogP contribution in [0.5, 0.6) is 0 Å². The Bertz CT molecular complexity index is 852. The lowest BCUT2D eigenvalue weighted by molar-refractivity contribution is 0.0331. The van der Waals surface area contributed by atoms with E-state index in [4.69, 9.17) is 19.4 Å². The van der Waals surface area contributed by atoms with E-state index in [9.17, 15) is 0 Å². The number of aromatic nitrogens is 2. The Balaban J connectivity index is 1.40. The highest BCUT2D eigenvalue weighted by Gasteiger charge is 2.29. The van der Waals surface area contributed by atoms with Crippen molar-refractivity contribution in [1.29, 1.82) is 0 Å². The average Bonchev–Trinajstić information content (AvgIpc) is 3.37. The van der Waals surface area contributed by atoms with Crippen LogP contribution in [-0.2, 0) is 16.0 Å². The molecule has 5 rings (SSSR count). The number of fused-ring (bicyclic) bond motifs is 1. The molecule has 1 atom stereocenters. The zero-order chi connectivity index (χ0) is 19.8. The third kappa shape index (κ3) is 4.01. The molecule has 3 fully saturated rings. The predicted molar refractivity (Wildman–Crippen MR) is 116 cm³/mol. The van der Waals surface area contributed by atoms with Crippen molar-refractivity contribution >= 4 is 27.4 Å². The van der Waals surface area contributed by atoms with E-state index in [1.54, 1.807) is 11.3 Å². The second-order valence-corrected chi connectivity index (χ2v) is 9.56. The first-order valence-electron chi connectivity index (χ1n) is 10.8. The zero-order valence-corrected chi connectivity index (χ0v) is 18.3. The van der Waals surface area contributed by atoms with Crippen molar-refractivity contribution in [3.05, 3.63) is 16.3 Å². The van der Waals surface area contributed by atoms with Gasteiger partial charge in [-0.2, -0.15) is 0 Å². The molecule has 2 aromatic rings. The van der Waals surface area contributed by atoms with Gasteiger partial charge in [0.15, 0.2) is 0 Å². The van der Waals surface area contributed by atoms with E-state index >= 15 is 0 Å². The molecule has 3 aliphatic rings. The summed E-state index contributed by atoms with van der Waals surface area (Å²) in [7, 11) is 0. The van der Waals surface area contributed by atoms with Gasteiger partial charge < -0.3 is 14.4 Å². The van der Waals surface area contributed by atoms with Crippen LogP contribution < -0.4 is 4.90 Å². The lowest BCUT2D eigenvalue weighted by Crippen LogP contribution is -2.51. The second kappa shape index (κ2) is 8.43. The molecule has 158 valence electrons. The van der Waals surface area contributed by atoms with Gasteiger partial charge in [0.05, 0.1) is 31.8 Å².